The second kappa shape index (κ2) is 7.00. The topological polar surface area (TPSA) is 78.8 Å². The first-order chi connectivity index (χ1) is 14.1. The Kier molecular flexibility index (Phi) is 4.32. The van der Waals surface area contributed by atoms with Gasteiger partial charge in [0, 0.05) is 41.7 Å². The molecule has 7 nitrogen and oxygen atoms in total. The average Bonchev–Trinajstić information content (AvgIpc) is 3.29. The maximum atomic E-state index is 12.6. The molecule has 2 N–H and O–H groups in total. The number of aryl methyl sites for hydroxylation is 1. The molecule has 148 valence electrons. The molecule has 1 aliphatic rings. The first kappa shape index (κ1) is 17.9. The van der Waals surface area contributed by atoms with Gasteiger partial charge in [0.1, 0.15) is 11.5 Å². The average molecular weight is 388 g/mol. The van der Waals surface area contributed by atoms with Gasteiger partial charge in [-0.15, -0.1) is 0 Å². The lowest BCUT2D eigenvalue weighted by Gasteiger charge is -2.27. The molecule has 0 spiro atoms. The van der Waals surface area contributed by atoms with Crippen LogP contribution in [-0.4, -0.2) is 50.7 Å². The maximum Gasteiger partial charge on any atom is 0.228 e. The summed E-state index contributed by atoms with van der Waals surface area (Å²) in [6, 6.07) is 10.2. The van der Waals surface area contributed by atoms with Crippen LogP contribution in [-0.2, 0) is 11.8 Å². The van der Waals surface area contributed by atoms with Crippen molar-refractivity contribution in [2.45, 2.75) is 12.8 Å². The predicted octanol–water partition coefficient (Wildman–Crippen LogP) is 3.40. The quantitative estimate of drug-likeness (QED) is 0.564. The molecule has 0 saturated carbocycles. The van der Waals surface area contributed by atoms with E-state index in [1.54, 1.807) is 0 Å². The van der Waals surface area contributed by atoms with E-state index in [0.717, 1.165) is 59.0 Å². The van der Waals surface area contributed by atoms with Gasteiger partial charge in [-0.1, -0.05) is 6.07 Å². The predicted molar refractivity (Wildman–Crippen MR) is 115 cm³/mol. The first-order valence-corrected chi connectivity index (χ1v) is 9.98. The Hall–Kier alpha value is -3.19. The Morgan fingerprint density at radius 3 is 2.83 bits per heavy atom. The highest BCUT2D eigenvalue weighted by Crippen LogP contribution is 2.30. The van der Waals surface area contributed by atoms with Gasteiger partial charge in [0.25, 0.3) is 0 Å². The standard InChI is InChI=1S/C22H24N6O/c1-27-9-7-14(8-10-27)22(29)25-20-6-4-17-18(12-23-21(17)24-20)15-3-5-19-16(11-15)13-28(2)26-19/h3-6,11-14H,7-10H2,1-2H3,(H2,23,24,25,29). The number of hydrogen-bond acceptors (Lipinski definition) is 4. The van der Waals surface area contributed by atoms with E-state index in [-0.39, 0.29) is 11.8 Å². The van der Waals surface area contributed by atoms with Crippen LogP contribution in [0.2, 0.25) is 0 Å². The Morgan fingerprint density at radius 1 is 1.17 bits per heavy atom. The van der Waals surface area contributed by atoms with Crippen molar-refractivity contribution in [1.82, 2.24) is 24.6 Å². The number of anilines is 1. The number of rotatable bonds is 3. The maximum absolute atomic E-state index is 12.6. The largest absolute Gasteiger partial charge is 0.345 e. The number of H-pyrrole nitrogens is 1. The van der Waals surface area contributed by atoms with Gasteiger partial charge in [-0.3, -0.25) is 9.48 Å². The summed E-state index contributed by atoms with van der Waals surface area (Å²) in [6.07, 6.45) is 5.78. The SMILES string of the molecule is CN1CCC(C(=O)Nc2ccc3c(-c4ccc5nn(C)cc5c4)c[nH]c3n2)CC1. The molecular formula is C22H24N6O. The lowest BCUT2D eigenvalue weighted by molar-refractivity contribution is -0.121. The summed E-state index contributed by atoms with van der Waals surface area (Å²) in [5.41, 5.74) is 3.95. The van der Waals surface area contributed by atoms with Crippen LogP contribution in [0, 0.1) is 5.92 Å². The van der Waals surface area contributed by atoms with Crippen molar-refractivity contribution in [3.05, 3.63) is 42.7 Å². The van der Waals surface area contributed by atoms with E-state index >= 15 is 0 Å². The number of fused-ring (bicyclic) bond motifs is 2. The van der Waals surface area contributed by atoms with Crippen LogP contribution in [0.25, 0.3) is 33.1 Å². The fourth-order valence-corrected chi connectivity index (χ4v) is 4.13. The second-order valence-corrected chi connectivity index (χ2v) is 7.94. The molecule has 1 amide bonds. The van der Waals surface area contributed by atoms with Gasteiger partial charge in [0.15, 0.2) is 0 Å². The Labute approximate surface area is 168 Å². The van der Waals surface area contributed by atoms with Crippen molar-refractivity contribution in [3.8, 4) is 11.1 Å². The van der Waals surface area contributed by atoms with Crippen LogP contribution in [0.4, 0.5) is 5.82 Å². The van der Waals surface area contributed by atoms with Gasteiger partial charge in [0.05, 0.1) is 5.52 Å². The summed E-state index contributed by atoms with van der Waals surface area (Å²) < 4.78 is 1.82. The van der Waals surface area contributed by atoms with Gasteiger partial charge < -0.3 is 15.2 Å². The molecule has 4 heterocycles. The number of nitrogens with one attached hydrogen (secondary N) is 2. The van der Waals surface area contributed by atoms with Crippen LogP contribution in [0.1, 0.15) is 12.8 Å². The minimum absolute atomic E-state index is 0.0640. The zero-order valence-corrected chi connectivity index (χ0v) is 16.6. The molecular weight excluding hydrogens is 364 g/mol. The number of benzene rings is 1. The van der Waals surface area contributed by atoms with Crippen molar-refractivity contribution in [2.75, 3.05) is 25.5 Å². The Bertz CT molecular complexity index is 1200. The van der Waals surface area contributed by atoms with Crippen LogP contribution in [0.3, 0.4) is 0 Å². The van der Waals surface area contributed by atoms with Crippen molar-refractivity contribution >= 4 is 33.7 Å². The third-order valence-corrected chi connectivity index (χ3v) is 5.81. The number of amides is 1. The third-order valence-electron chi connectivity index (χ3n) is 5.81. The molecule has 1 saturated heterocycles. The summed E-state index contributed by atoms with van der Waals surface area (Å²) in [4.78, 5) is 22.7. The monoisotopic (exact) mass is 388 g/mol. The molecule has 4 aromatic rings. The minimum atomic E-state index is 0.0640. The highest BCUT2D eigenvalue weighted by Gasteiger charge is 2.23. The van der Waals surface area contributed by atoms with Gasteiger partial charge in [-0.25, -0.2) is 4.98 Å². The summed E-state index contributed by atoms with van der Waals surface area (Å²) in [5.74, 6) is 0.727. The normalized spacial score (nSPS) is 15.9. The molecule has 3 aromatic heterocycles. The van der Waals surface area contributed by atoms with Gasteiger partial charge in [-0.05, 0) is 62.8 Å². The molecule has 0 bridgehead atoms. The lowest BCUT2D eigenvalue weighted by Crippen LogP contribution is -2.36. The van der Waals surface area contributed by atoms with E-state index in [1.807, 2.05) is 42.3 Å². The lowest BCUT2D eigenvalue weighted by atomic mass is 9.96. The molecule has 7 heteroatoms. The third kappa shape index (κ3) is 3.38. The van der Waals surface area contributed by atoms with E-state index in [1.165, 1.54) is 0 Å². The number of aromatic amines is 1. The van der Waals surface area contributed by atoms with Gasteiger partial charge in [0.2, 0.25) is 5.91 Å². The number of carbonyl (C=O) groups is 1. The van der Waals surface area contributed by atoms with E-state index < -0.39 is 0 Å². The van der Waals surface area contributed by atoms with Gasteiger partial charge >= 0.3 is 0 Å². The van der Waals surface area contributed by atoms with Crippen LogP contribution < -0.4 is 5.32 Å². The van der Waals surface area contributed by atoms with Crippen molar-refractivity contribution in [1.29, 1.82) is 0 Å². The molecule has 1 aromatic carbocycles. The van der Waals surface area contributed by atoms with Crippen LogP contribution >= 0.6 is 0 Å². The molecule has 5 rings (SSSR count). The summed E-state index contributed by atoms with van der Waals surface area (Å²) in [6.45, 7) is 1.93. The fourth-order valence-electron chi connectivity index (χ4n) is 4.13. The number of carbonyl (C=O) groups excluding carboxylic acids is 1. The van der Waals surface area contributed by atoms with E-state index in [2.05, 4.69) is 44.5 Å². The number of nitrogens with zero attached hydrogens (tertiary/aromatic N) is 4. The van der Waals surface area contributed by atoms with Gasteiger partial charge in [-0.2, -0.15) is 5.10 Å². The Balaban J connectivity index is 1.40. The molecule has 0 radical (unpaired) electrons. The molecule has 1 fully saturated rings. The Morgan fingerprint density at radius 2 is 2.00 bits per heavy atom. The summed E-state index contributed by atoms with van der Waals surface area (Å²) in [5, 5.41) is 9.57. The van der Waals surface area contributed by atoms with Crippen LogP contribution in [0.5, 0.6) is 0 Å². The molecule has 0 unspecified atom stereocenters. The zero-order valence-electron chi connectivity index (χ0n) is 16.6. The number of hydrogen-bond donors (Lipinski definition) is 2. The summed E-state index contributed by atoms with van der Waals surface area (Å²) in [7, 11) is 4.02. The van der Waals surface area contributed by atoms with Crippen LogP contribution in [0.15, 0.2) is 42.7 Å². The van der Waals surface area contributed by atoms with Crippen molar-refractivity contribution in [2.24, 2.45) is 13.0 Å². The van der Waals surface area contributed by atoms with E-state index in [4.69, 9.17) is 0 Å². The van der Waals surface area contributed by atoms with E-state index in [0.29, 0.717) is 5.82 Å². The molecule has 29 heavy (non-hydrogen) atoms. The summed E-state index contributed by atoms with van der Waals surface area (Å²) >= 11 is 0. The molecule has 0 aliphatic carbocycles. The second-order valence-electron chi connectivity index (χ2n) is 7.94. The minimum Gasteiger partial charge on any atom is -0.345 e. The molecule has 0 atom stereocenters. The highest BCUT2D eigenvalue weighted by atomic mass is 16.1. The number of likely N-dealkylation sites (tertiary alicyclic amines) is 1. The fraction of sp³-hybridized carbons (Fsp3) is 0.318. The molecule has 1 aliphatic heterocycles. The first-order valence-electron chi connectivity index (χ1n) is 9.98. The number of piperidine rings is 1. The number of aromatic nitrogens is 4. The zero-order chi connectivity index (χ0) is 20.0. The highest BCUT2D eigenvalue weighted by molar-refractivity contribution is 5.98. The van der Waals surface area contributed by atoms with Crippen molar-refractivity contribution < 1.29 is 4.79 Å². The number of pyridine rings is 1. The van der Waals surface area contributed by atoms with Crippen molar-refractivity contribution in [3.63, 3.8) is 0 Å². The van der Waals surface area contributed by atoms with E-state index in [9.17, 15) is 4.79 Å². The smallest absolute Gasteiger partial charge is 0.228 e.